The van der Waals surface area contributed by atoms with E-state index in [1.54, 1.807) is 19.2 Å². The molecule has 3 atom stereocenters. The summed E-state index contributed by atoms with van der Waals surface area (Å²) >= 11 is 7.04. The van der Waals surface area contributed by atoms with Gasteiger partial charge in [-0.05, 0) is 41.0 Å². The van der Waals surface area contributed by atoms with Crippen molar-refractivity contribution in [2.24, 2.45) is 0 Å². The second-order valence-corrected chi connectivity index (χ2v) is 9.32. The van der Waals surface area contributed by atoms with E-state index in [-0.39, 0.29) is 11.8 Å². The van der Waals surface area contributed by atoms with E-state index in [2.05, 4.69) is 15.2 Å². The number of aromatic nitrogens is 2. The number of nitrogens with one attached hydrogen (secondary N) is 1. The van der Waals surface area contributed by atoms with Crippen molar-refractivity contribution < 1.29 is 14.6 Å². The van der Waals surface area contributed by atoms with E-state index in [0.29, 0.717) is 41.0 Å². The third kappa shape index (κ3) is 2.72. The molecule has 4 aliphatic rings. The largest absolute Gasteiger partial charge is 0.508 e. The van der Waals surface area contributed by atoms with Crippen LogP contribution >= 0.6 is 11.6 Å². The van der Waals surface area contributed by atoms with Crippen molar-refractivity contribution in [1.82, 2.24) is 15.3 Å². The van der Waals surface area contributed by atoms with Crippen LogP contribution in [0.15, 0.2) is 42.5 Å². The van der Waals surface area contributed by atoms with Crippen LogP contribution in [-0.2, 0) is 0 Å². The van der Waals surface area contributed by atoms with E-state index < -0.39 is 0 Å². The maximum atomic E-state index is 10.4. The van der Waals surface area contributed by atoms with Crippen molar-refractivity contribution in [1.29, 1.82) is 0 Å². The number of methoxy groups -OCH3 is 1. The molecule has 0 saturated carbocycles. The Morgan fingerprint density at radius 3 is 2.88 bits per heavy atom. The number of piperidine rings is 1. The molecule has 7 nitrogen and oxygen atoms in total. The number of halogens is 1. The molecule has 5 heterocycles. The molecule has 4 aromatic rings. The minimum Gasteiger partial charge on any atom is -0.508 e. The predicted octanol–water partition coefficient (Wildman–Crippen LogP) is 4.13. The van der Waals surface area contributed by atoms with Gasteiger partial charge in [-0.2, -0.15) is 9.97 Å². The van der Waals surface area contributed by atoms with E-state index >= 15 is 0 Å². The summed E-state index contributed by atoms with van der Waals surface area (Å²) in [6.07, 6.45) is 1.14. The maximum absolute atomic E-state index is 10.4. The van der Waals surface area contributed by atoms with Crippen LogP contribution in [0.1, 0.15) is 6.42 Å². The van der Waals surface area contributed by atoms with Crippen LogP contribution in [0.4, 0.5) is 5.82 Å². The Hall–Kier alpha value is -3.29. The third-order valence-electron chi connectivity index (χ3n) is 7.10. The van der Waals surface area contributed by atoms with Gasteiger partial charge in [-0.3, -0.25) is 0 Å². The molecule has 3 saturated heterocycles. The van der Waals surface area contributed by atoms with Gasteiger partial charge in [0.15, 0.2) is 5.75 Å². The number of hydrogen-bond acceptors (Lipinski definition) is 7. The van der Waals surface area contributed by atoms with Crippen LogP contribution in [0, 0.1) is 0 Å². The minimum atomic E-state index is 0.159. The lowest BCUT2D eigenvalue weighted by atomic mass is 9.85. The summed E-state index contributed by atoms with van der Waals surface area (Å²) in [6, 6.07) is 14.6. The van der Waals surface area contributed by atoms with Crippen molar-refractivity contribution in [2.45, 2.75) is 24.5 Å². The molecule has 0 spiro atoms. The van der Waals surface area contributed by atoms with Gasteiger partial charge < -0.3 is 24.8 Å². The number of phenolic OH excluding ortho intramolecular Hbond substituents is 1. The summed E-state index contributed by atoms with van der Waals surface area (Å²) in [6.45, 7) is 1.36. The number of anilines is 1. The molecule has 4 aliphatic heterocycles. The molecule has 0 radical (unpaired) electrons. The van der Waals surface area contributed by atoms with E-state index in [9.17, 15) is 5.11 Å². The average molecular weight is 461 g/mol. The third-order valence-corrected chi connectivity index (χ3v) is 7.48. The zero-order valence-electron chi connectivity index (χ0n) is 17.9. The zero-order valence-corrected chi connectivity index (χ0v) is 18.6. The van der Waals surface area contributed by atoms with Gasteiger partial charge in [0.1, 0.15) is 18.2 Å². The fraction of sp³-hybridized carbons (Fsp3) is 0.280. The second-order valence-electron chi connectivity index (χ2n) is 8.95. The molecule has 0 aliphatic carbocycles. The molecular formula is C25H21ClN4O3. The Kier molecular flexibility index (Phi) is 3.99. The molecule has 33 heavy (non-hydrogen) atoms. The van der Waals surface area contributed by atoms with Gasteiger partial charge in [0.2, 0.25) is 0 Å². The lowest BCUT2D eigenvalue weighted by Crippen LogP contribution is -2.73. The molecule has 3 aromatic carbocycles. The Balaban J connectivity index is 1.53. The molecule has 2 bridgehead atoms. The van der Waals surface area contributed by atoms with Crippen LogP contribution in [0.3, 0.4) is 0 Å². The monoisotopic (exact) mass is 460 g/mol. The summed E-state index contributed by atoms with van der Waals surface area (Å²) in [4.78, 5) is 11.7. The first-order chi connectivity index (χ1) is 16.1. The number of aromatic hydroxyl groups is 1. The standard InChI is InChI=1S/C25H21ClN4O3/c1-32-25-28-19-9-17(16-8-14(31)6-12-4-2-3-5-15(12)16)22(26)23-21(19)24(29-25)30-10-13-7-18(27-13)20(30)11-33-23/h2-6,8-9,13,18,20,27,31H,7,10-11H2,1H3. The number of ether oxygens (including phenoxy) is 2. The van der Waals surface area contributed by atoms with Crippen molar-refractivity contribution in [3.63, 3.8) is 0 Å². The summed E-state index contributed by atoms with van der Waals surface area (Å²) in [7, 11) is 1.58. The van der Waals surface area contributed by atoms with E-state index in [1.165, 1.54) is 0 Å². The second kappa shape index (κ2) is 6.85. The van der Waals surface area contributed by atoms with Gasteiger partial charge in [-0.15, -0.1) is 0 Å². The van der Waals surface area contributed by atoms with Gasteiger partial charge >= 0.3 is 6.01 Å². The molecule has 8 heteroatoms. The van der Waals surface area contributed by atoms with Crippen molar-refractivity contribution in [3.8, 4) is 28.6 Å². The normalized spacial score (nSPS) is 23.0. The van der Waals surface area contributed by atoms with Crippen molar-refractivity contribution >= 4 is 39.1 Å². The number of phenols is 1. The van der Waals surface area contributed by atoms with E-state index in [0.717, 1.165) is 46.1 Å². The van der Waals surface area contributed by atoms with E-state index in [1.807, 2.05) is 30.3 Å². The minimum absolute atomic E-state index is 0.159. The summed E-state index contributed by atoms with van der Waals surface area (Å²) in [5.74, 6) is 1.57. The first-order valence-electron chi connectivity index (χ1n) is 11.1. The SMILES string of the molecule is COc1nc2c3c(c(Cl)c(-c4cc(O)cc5ccccc45)cc3n1)OCC1C3CC(CN21)N3. The summed E-state index contributed by atoms with van der Waals surface area (Å²) in [5.41, 5.74) is 2.27. The van der Waals surface area contributed by atoms with Crippen LogP contribution in [-0.4, -0.2) is 53.5 Å². The molecule has 166 valence electrons. The average Bonchev–Trinajstić information content (AvgIpc) is 2.98. The number of nitrogens with zero attached hydrogens (tertiary/aromatic N) is 3. The molecule has 3 fully saturated rings. The first kappa shape index (κ1) is 19.2. The van der Waals surface area contributed by atoms with Crippen LogP contribution in [0.2, 0.25) is 5.02 Å². The fourth-order valence-corrected chi connectivity index (χ4v) is 5.84. The highest BCUT2D eigenvalue weighted by atomic mass is 35.5. The smallest absolute Gasteiger partial charge is 0.318 e. The van der Waals surface area contributed by atoms with Crippen LogP contribution < -0.4 is 19.7 Å². The number of fused-ring (bicyclic) bond motifs is 1. The first-order valence-corrected chi connectivity index (χ1v) is 11.4. The van der Waals surface area contributed by atoms with Crippen molar-refractivity contribution in [2.75, 3.05) is 25.2 Å². The summed E-state index contributed by atoms with van der Waals surface area (Å²) in [5, 5.41) is 17.3. The molecule has 3 unspecified atom stereocenters. The van der Waals surface area contributed by atoms with Gasteiger partial charge in [-0.25, -0.2) is 0 Å². The number of benzene rings is 3. The van der Waals surface area contributed by atoms with Crippen molar-refractivity contribution in [3.05, 3.63) is 47.5 Å². The van der Waals surface area contributed by atoms with Gasteiger partial charge in [0.25, 0.3) is 0 Å². The highest BCUT2D eigenvalue weighted by Crippen LogP contribution is 2.49. The fourth-order valence-electron chi connectivity index (χ4n) is 5.54. The lowest BCUT2D eigenvalue weighted by molar-refractivity contribution is 0.138. The molecule has 2 N–H and O–H groups in total. The lowest BCUT2D eigenvalue weighted by Gasteiger charge is -2.53. The molecular weight excluding hydrogens is 440 g/mol. The van der Waals surface area contributed by atoms with Crippen LogP contribution in [0.25, 0.3) is 32.8 Å². The van der Waals surface area contributed by atoms with Gasteiger partial charge in [0.05, 0.1) is 29.1 Å². The van der Waals surface area contributed by atoms with Gasteiger partial charge in [-0.1, -0.05) is 35.9 Å². The number of rotatable bonds is 2. The highest BCUT2D eigenvalue weighted by molar-refractivity contribution is 6.37. The Morgan fingerprint density at radius 1 is 1.18 bits per heavy atom. The highest BCUT2D eigenvalue weighted by Gasteiger charge is 2.47. The van der Waals surface area contributed by atoms with Crippen LogP contribution in [0.5, 0.6) is 17.5 Å². The molecule has 8 rings (SSSR count). The molecule has 0 amide bonds. The topological polar surface area (TPSA) is 79.7 Å². The number of piperazine rings is 1. The Labute approximate surface area is 194 Å². The predicted molar refractivity (Wildman–Crippen MR) is 128 cm³/mol. The molecule has 1 aromatic heterocycles. The quantitative estimate of drug-likeness (QED) is 0.465. The number of hydrogen-bond donors (Lipinski definition) is 2. The zero-order chi connectivity index (χ0) is 22.3. The Bertz CT molecular complexity index is 1450. The maximum Gasteiger partial charge on any atom is 0.318 e. The summed E-state index contributed by atoms with van der Waals surface area (Å²) < 4.78 is 11.9. The van der Waals surface area contributed by atoms with Gasteiger partial charge in [0, 0.05) is 24.2 Å². The Morgan fingerprint density at radius 2 is 2.03 bits per heavy atom. The van der Waals surface area contributed by atoms with E-state index in [4.69, 9.17) is 26.1 Å².